The van der Waals surface area contributed by atoms with Crippen LogP contribution in [-0.4, -0.2) is 36.9 Å². The summed E-state index contributed by atoms with van der Waals surface area (Å²) in [4.78, 5) is 24.4. The summed E-state index contributed by atoms with van der Waals surface area (Å²) >= 11 is 0. The fourth-order valence-electron chi connectivity index (χ4n) is 2.94. The highest BCUT2D eigenvalue weighted by Crippen LogP contribution is 2.45. The van der Waals surface area contributed by atoms with Crippen LogP contribution in [0.1, 0.15) is 39.5 Å². The summed E-state index contributed by atoms with van der Waals surface area (Å²) in [6.07, 6.45) is 3.44. The summed E-state index contributed by atoms with van der Waals surface area (Å²) in [5.41, 5.74) is -1.51. The third kappa shape index (κ3) is 2.00. The van der Waals surface area contributed by atoms with Gasteiger partial charge in [0.25, 0.3) is 5.60 Å². The van der Waals surface area contributed by atoms with Gasteiger partial charge in [0, 0.05) is 5.92 Å². The van der Waals surface area contributed by atoms with Crippen molar-refractivity contribution in [2.24, 2.45) is 5.92 Å². The van der Waals surface area contributed by atoms with Crippen LogP contribution in [-0.2, 0) is 23.8 Å². The fraction of sp³-hybridized carbons (Fsp3) is 0.846. The third-order valence-electron chi connectivity index (χ3n) is 3.76. The summed E-state index contributed by atoms with van der Waals surface area (Å²) in [5, 5.41) is 0. The number of hydrogen-bond acceptors (Lipinski definition) is 5. The molecular formula is C13H20O5. The van der Waals surface area contributed by atoms with Crippen LogP contribution < -0.4 is 0 Å². The Morgan fingerprint density at radius 2 is 1.56 bits per heavy atom. The molecule has 0 aromatic rings. The number of carbonyl (C=O) groups excluding carboxylic acids is 2. The predicted molar refractivity (Wildman–Crippen MR) is 62.8 cm³/mol. The van der Waals surface area contributed by atoms with Gasteiger partial charge in [0.15, 0.2) is 0 Å². The zero-order chi connectivity index (χ0) is 13.2. The summed E-state index contributed by atoms with van der Waals surface area (Å²) in [6.45, 7) is 3.91. The molecule has 18 heavy (non-hydrogen) atoms. The van der Waals surface area contributed by atoms with E-state index in [1.54, 1.807) is 13.8 Å². The van der Waals surface area contributed by atoms with Crippen molar-refractivity contribution in [3.05, 3.63) is 0 Å². The van der Waals surface area contributed by atoms with E-state index in [1.165, 1.54) is 0 Å². The van der Waals surface area contributed by atoms with Gasteiger partial charge >= 0.3 is 11.9 Å². The first-order chi connectivity index (χ1) is 8.65. The van der Waals surface area contributed by atoms with Crippen LogP contribution >= 0.6 is 0 Å². The van der Waals surface area contributed by atoms with Crippen molar-refractivity contribution in [1.82, 2.24) is 0 Å². The average Bonchev–Trinajstić information content (AvgIpc) is 2.40. The summed E-state index contributed by atoms with van der Waals surface area (Å²) in [7, 11) is 0. The van der Waals surface area contributed by atoms with E-state index >= 15 is 0 Å². The van der Waals surface area contributed by atoms with Crippen molar-refractivity contribution in [3.8, 4) is 0 Å². The Hall–Kier alpha value is -1.10. The number of carbonyl (C=O) groups is 2. The van der Waals surface area contributed by atoms with Gasteiger partial charge in [0.05, 0.1) is 19.3 Å². The topological polar surface area (TPSA) is 61.8 Å². The highest BCUT2D eigenvalue weighted by Gasteiger charge is 2.61. The summed E-state index contributed by atoms with van der Waals surface area (Å²) in [5.74, 6) is -1.28. The largest absolute Gasteiger partial charge is 0.463 e. The van der Waals surface area contributed by atoms with Gasteiger partial charge in [-0.15, -0.1) is 0 Å². The molecule has 0 radical (unpaired) electrons. The molecule has 0 aromatic carbocycles. The number of hydrogen-bond donors (Lipinski definition) is 0. The highest BCUT2D eigenvalue weighted by atomic mass is 16.6. The molecule has 1 saturated carbocycles. The molecule has 0 atom stereocenters. The lowest BCUT2D eigenvalue weighted by atomic mass is 9.72. The zero-order valence-electron chi connectivity index (χ0n) is 10.9. The van der Waals surface area contributed by atoms with Crippen LogP contribution in [0, 0.1) is 5.92 Å². The summed E-state index contributed by atoms with van der Waals surface area (Å²) in [6, 6.07) is 0. The lowest BCUT2D eigenvalue weighted by molar-refractivity contribution is -0.231. The van der Waals surface area contributed by atoms with E-state index < -0.39 is 17.5 Å². The monoisotopic (exact) mass is 256 g/mol. The molecule has 3 rings (SSSR count). The van der Waals surface area contributed by atoms with Crippen molar-refractivity contribution in [1.29, 1.82) is 0 Å². The molecule has 0 spiro atoms. The molecule has 2 aliphatic heterocycles. The lowest BCUT2D eigenvalue weighted by Crippen LogP contribution is -2.62. The first kappa shape index (κ1) is 13.3. The van der Waals surface area contributed by atoms with Crippen LogP contribution in [0.3, 0.4) is 0 Å². The van der Waals surface area contributed by atoms with Gasteiger partial charge in [-0.25, -0.2) is 9.59 Å². The van der Waals surface area contributed by atoms with Gasteiger partial charge in [-0.3, -0.25) is 0 Å². The van der Waals surface area contributed by atoms with E-state index in [4.69, 9.17) is 14.2 Å². The minimum atomic E-state index is -1.51. The number of esters is 2. The highest BCUT2D eigenvalue weighted by molar-refractivity contribution is 6.04. The van der Waals surface area contributed by atoms with Crippen LogP contribution in [0.4, 0.5) is 0 Å². The van der Waals surface area contributed by atoms with Gasteiger partial charge in [-0.2, -0.15) is 0 Å². The first-order valence-corrected chi connectivity index (χ1v) is 6.67. The molecule has 2 heterocycles. The molecular weight excluding hydrogens is 236 g/mol. The predicted octanol–water partition coefficient (Wildman–Crippen LogP) is 1.44. The molecule has 5 heteroatoms. The number of fused-ring (bicyclic) bond motifs is 3. The van der Waals surface area contributed by atoms with Gasteiger partial charge < -0.3 is 14.2 Å². The molecule has 5 nitrogen and oxygen atoms in total. The molecule has 0 amide bonds. The Labute approximate surface area is 107 Å². The standard InChI is InChI=1S/C13H20O5/c1-3-16-11(14)13(12(15)17-4-2)9-5-7-10(18-13)8-6-9/h9-10H,3-8H2,1-2H3. The fourth-order valence-corrected chi connectivity index (χ4v) is 2.94. The minimum Gasteiger partial charge on any atom is -0.463 e. The number of ether oxygens (including phenoxy) is 3. The molecule has 2 bridgehead atoms. The van der Waals surface area contributed by atoms with E-state index in [-0.39, 0.29) is 25.2 Å². The third-order valence-corrected chi connectivity index (χ3v) is 3.76. The van der Waals surface area contributed by atoms with E-state index in [9.17, 15) is 9.59 Å². The maximum absolute atomic E-state index is 12.2. The molecule has 0 aromatic heterocycles. The zero-order valence-corrected chi connectivity index (χ0v) is 10.9. The minimum absolute atomic E-state index is 0.0242. The van der Waals surface area contributed by atoms with Crippen molar-refractivity contribution < 1.29 is 23.8 Å². The van der Waals surface area contributed by atoms with E-state index in [1.807, 2.05) is 0 Å². The van der Waals surface area contributed by atoms with Crippen LogP contribution in [0.2, 0.25) is 0 Å². The van der Waals surface area contributed by atoms with Gasteiger partial charge in [0.1, 0.15) is 0 Å². The van der Waals surface area contributed by atoms with Crippen molar-refractivity contribution >= 4 is 11.9 Å². The van der Waals surface area contributed by atoms with Crippen molar-refractivity contribution in [2.75, 3.05) is 13.2 Å². The summed E-state index contributed by atoms with van der Waals surface area (Å²) < 4.78 is 15.8. The average molecular weight is 256 g/mol. The Bertz CT molecular complexity index is 312. The van der Waals surface area contributed by atoms with Crippen molar-refractivity contribution in [2.45, 2.75) is 51.2 Å². The maximum atomic E-state index is 12.2. The first-order valence-electron chi connectivity index (χ1n) is 6.67. The Morgan fingerprint density at radius 3 is 1.89 bits per heavy atom. The van der Waals surface area contributed by atoms with Crippen LogP contribution in [0.25, 0.3) is 0 Å². The quantitative estimate of drug-likeness (QED) is 0.562. The second-order valence-electron chi connectivity index (χ2n) is 4.77. The second kappa shape index (κ2) is 5.26. The molecule has 1 aliphatic carbocycles. The molecule has 3 fully saturated rings. The Kier molecular flexibility index (Phi) is 3.90. The second-order valence-corrected chi connectivity index (χ2v) is 4.77. The Balaban J connectivity index is 2.28. The Morgan fingerprint density at radius 1 is 1.06 bits per heavy atom. The lowest BCUT2D eigenvalue weighted by Gasteiger charge is -2.47. The van der Waals surface area contributed by atoms with E-state index in [0.29, 0.717) is 0 Å². The smallest absolute Gasteiger partial charge is 0.350 e. The molecule has 2 saturated heterocycles. The van der Waals surface area contributed by atoms with Crippen molar-refractivity contribution in [3.63, 3.8) is 0 Å². The van der Waals surface area contributed by atoms with Crippen LogP contribution in [0.15, 0.2) is 0 Å². The molecule has 3 aliphatic rings. The van der Waals surface area contributed by atoms with E-state index in [2.05, 4.69) is 0 Å². The molecule has 102 valence electrons. The normalized spacial score (nSPS) is 28.8. The number of rotatable bonds is 4. The van der Waals surface area contributed by atoms with Gasteiger partial charge in [0.2, 0.25) is 0 Å². The SMILES string of the molecule is CCOC(=O)C1(C(=O)OCC)OC2CCC1CC2. The molecule has 0 N–H and O–H groups in total. The maximum Gasteiger partial charge on any atom is 0.350 e. The van der Waals surface area contributed by atoms with E-state index in [0.717, 1.165) is 25.7 Å². The van der Waals surface area contributed by atoms with Crippen LogP contribution in [0.5, 0.6) is 0 Å². The van der Waals surface area contributed by atoms with Gasteiger partial charge in [-0.1, -0.05) is 0 Å². The van der Waals surface area contributed by atoms with Gasteiger partial charge in [-0.05, 0) is 39.5 Å². The molecule has 0 unspecified atom stereocenters.